The Labute approximate surface area is 120 Å². The molecule has 0 aliphatic heterocycles. The third kappa shape index (κ3) is 4.74. The van der Waals surface area contributed by atoms with Gasteiger partial charge in [-0.05, 0) is 32.4 Å². The highest BCUT2D eigenvalue weighted by Gasteiger charge is 2.17. The van der Waals surface area contributed by atoms with E-state index in [-0.39, 0.29) is 25.2 Å². The van der Waals surface area contributed by atoms with Gasteiger partial charge in [0.1, 0.15) is 0 Å². The highest BCUT2D eigenvalue weighted by Crippen LogP contribution is 2.25. The van der Waals surface area contributed by atoms with Gasteiger partial charge in [-0.25, -0.2) is 0 Å². The number of aliphatic hydroxyl groups excluding tert-OH is 1. The van der Waals surface area contributed by atoms with E-state index >= 15 is 0 Å². The van der Waals surface area contributed by atoms with Crippen molar-refractivity contribution >= 4 is 5.91 Å². The number of para-hydroxylation sites is 2. The van der Waals surface area contributed by atoms with Crippen molar-refractivity contribution in [2.45, 2.75) is 26.3 Å². The SMILES string of the molecule is COc1ccccc1OCC(=O)N(CCCO)C(C)C. The van der Waals surface area contributed by atoms with Gasteiger partial charge in [-0.2, -0.15) is 0 Å². The van der Waals surface area contributed by atoms with E-state index in [1.807, 2.05) is 26.0 Å². The van der Waals surface area contributed by atoms with Crippen molar-refractivity contribution in [3.63, 3.8) is 0 Å². The van der Waals surface area contributed by atoms with Gasteiger partial charge in [0.25, 0.3) is 5.91 Å². The van der Waals surface area contributed by atoms with Crippen LogP contribution in [0, 0.1) is 0 Å². The number of hydrogen-bond acceptors (Lipinski definition) is 4. The van der Waals surface area contributed by atoms with Crippen LogP contribution >= 0.6 is 0 Å². The fraction of sp³-hybridized carbons (Fsp3) is 0.533. The summed E-state index contributed by atoms with van der Waals surface area (Å²) in [6.07, 6.45) is 0.568. The molecule has 0 aliphatic carbocycles. The lowest BCUT2D eigenvalue weighted by Gasteiger charge is -2.26. The minimum atomic E-state index is -0.0978. The zero-order valence-corrected chi connectivity index (χ0v) is 12.3. The average Bonchev–Trinajstić information content (AvgIpc) is 2.45. The minimum absolute atomic E-state index is 0.0377. The smallest absolute Gasteiger partial charge is 0.260 e. The molecular weight excluding hydrogens is 258 g/mol. The molecule has 0 saturated carbocycles. The molecule has 0 fully saturated rings. The van der Waals surface area contributed by atoms with E-state index in [4.69, 9.17) is 14.6 Å². The summed E-state index contributed by atoms with van der Waals surface area (Å²) < 4.78 is 10.7. The highest BCUT2D eigenvalue weighted by atomic mass is 16.5. The molecule has 0 radical (unpaired) electrons. The Bertz CT molecular complexity index is 420. The summed E-state index contributed by atoms with van der Waals surface area (Å²) in [6, 6.07) is 7.30. The van der Waals surface area contributed by atoms with Crippen LogP contribution in [0.2, 0.25) is 0 Å². The second-order valence-corrected chi connectivity index (χ2v) is 4.70. The quantitative estimate of drug-likeness (QED) is 0.788. The first kappa shape index (κ1) is 16.3. The predicted molar refractivity (Wildman–Crippen MR) is 77.0 cm³/mol. The van der Waals surface area contributed by atoms with E-state index in [0.717, 1.165) is 0 Å². The van der Waals surface area contributed by atoms with E-state index in [1.165, 1.54) is 0 Å². The number of methoxy groups -OCH3 is 1. The maximum atomic E-state index is 12.1. The number of nitrogens with zero attached hydrogens (tertiary/aromatic N) is 1. The summed E-state index contributed by atoms with van der Waals surface area (Å²) in [6.45, 7) is 4.45. The minimum Gasteiger partial charge on any atom is -0.493 e. The molecule has 1 amide bonds. The standard InChI is InChI=1S/C15H23NO4/c1-12(2)16(9-6-10-17)15(18)11-20-14-8-5-4-7-13(14)19-3/h4-5,7-8,12,17H,6,9-11H2,1-3H3. The van der Waals surface area contributed by atoms with Crippen molar-refractivity contribution in [1.82, 2.24) is 4.90 Å². The van der Waals surface area contributed by atoms with Crippen molar-refractivity contribution < 1.29 is 19.4 Å². The van der Waals surface area contributed by atoms with Crippen LogP contribution in [0.5, 0.6) is 11.5 Å². The summed E-state index contributed by atoms with van der Waals surface area (Å²) in [5.74, 6) is 1.06. The van der Waals surface area contributed by atoms with Crippen molar-refractivity contribution in [3.05, 3.63) is 24.3 Å². The Morgan fingerprint density at radius 2 is 1.95 bits per heavy atom. The number of carbonyl (C=O) groups excluding carboxylic acids is 1. The van der Waals surface area contributed by atoms with Crippen LogP contribution in [0.4, 0.5) is 0 Å². The number of rotatable bonds is 8. The molecule has 112 valence electrons. The topological polar surface area (TPSA) is 59.0 Å². The molecule has 1 N–H and O–H groups in total. The Morgan fingerprint density at radius 3 is 2.50 bits per heavy atom. The second kappa shape index (κ2) is 8.43. The van der Waals surface area contributed by atoms with Gasteiger partial charge in [0, 0.05) is 19.2 Å². The maximum absolute atomic E-state index is 12.1. The van der Waals surface area contributed by atoms with Crippen molar-refractivity contribution in [2.24, 2.45) is 0 Å². The molecule has 0 bridgehead atoms. The lowest BCUT2D eigenvalue weighted by molar-refractivity contribution is -0.135. The monoisotopic (exact) mass is 281 g/mol. The summed E-state index contributed by atoms with van der Waals surface area (Å²) in [4.78, 5) is 13.8. The molecule has 1 rings (SSSR count). The molecule has 0 saturated heterocycles. The maximum Gasteiger partial charge on any atom is 0.260 e. The van der Waals surface area contributed by atoms with Gasteiger partial charge < -0.3 is 19.5 Å². The number of amides is 1. The van der Waals surface area contributed by atoms with Crippen LogP contribution < -0.4 is 9.47 Å². The number of ether oxygens (including phenoxy) is 2. The van der Waals surface area contributed by atoms with E-state index in [2.05, 4.69) is 0 Å². The van der Waals surface area contributed by atoms with Gasteiger partial charge >= 0.3 is 0 Å². The molecule has 0 atom stereocenters. The van der Waals surface area contributed by atoms with Gasteiger partial charge in [-0.1, -0.05) is 12.1 Å². The number of benzene rings is 1. The Balaban J connectivity index is 2.60. The third-order valence-electron chi connectivity index (χ3n) is 2.92. The lowest BCUT2D eigenvalue weighted by atomic mass is 10.3. The fourth-order valence-electron chi connectivity index (χ4n) is 1.87. The van der Waals surface area contributed by atoms with Gasteiger partial charge in [0.2, 0.25) is 0 Å². The van der Waals surface area contributed by atoms with Crippen molar-refractivity contribution in [3.8, 4) is 11.5 Å². The van der Waals surface area contributed by atoms with Crippen LogP contribution in [0.25, 0.3) is 0 Å². The van der Waals surface area contributed by atoms with Gasteiger partial charge in [0.05, 0.1) is 7.11 Å². The van der Waals surface area contributed by atoms with Crippen LogP contribution in [-0.2, 0) is 4.79 Å². The Kier molecular flexibility index (Phi) is 6.87. The predicted octanol–water partition coefficient (Wildman–Crippen LogP) is 1.69. The van der Waals surface area contributed by atoms with Gasteiger partial charge in [-0.3, -0.25) is 4.79 Å². The van der Waals surface area contributed by atoms with Gasteiger partial charge in [0.15, 0.2) is 18.1 Å². The summed E-state index contributed by atoms with van der Waals surface area (Å²) in [5.41, 5.74) is 0. The number of carbonyl (C=O) groups is 1. The highest BCUT2D eigenvalue weighted by molar-refractivity contribution is 5.78. The van der Waals surface area contributed by atoms with Crippen molar-refractivity contribution in [1.29, 1.82) is 0 Å². The zero-order chi connectivity index (χ0) is 15.0. The molecule has 5 nitrogen and oxygen atoms in total. The first-order valence-corrected chi connectivity index (χ1v) is 6.76. The third-order valence-corrected chi connectivity index (χ3v) is 2.92. The first-order valence-electron chi connectivity index (χ1n) is 6.76. The largest absolute Gasteiger partial charge is 0.493 e. The summed E-state index contributed by atoms with van der Waals surface area (Å²) in [5, 5.41) is 8.87. The summed E-state index contributed by atoms with van der Waals surface area (Å²) in [7, 11) is 1.56. The van der Waals surface area contributed by atoms with E-state index in [0.29, 0.717) is 24.5 Å². The van der Waals surface area contributed by atoms with E-state index in [9.17, 15) is 4.79 Å². The normalized spacial score (nSPS) is 10.4. The van der Waals surface area contributed by atoms with Crippen LogP contribution in [0.3, 0.4) is 0 Å². The number of aliphatic hydroxyl groups is 1. The Morgan fingerprint density at radius 1 is 1.30 bits per heavy atom. The molecule has 0 aliphatic rings. The van der Waals surface area contributed by atoms with Crippen LogP contribution in [-0.4, -0.2) is 48.8 Å². The number of hydrogen-bond donors (Lipinski definition) is 1. The molecule has 5 heteroatoms. The summed E-state index contributed by atoms with van der Waals surface area (Å²) >= 11 is 0. The lowest BCUT2D eigenvalue weighted by Crippen LogP contribution is -2.40. The zero-order valence-electron chi connectivity index (χ0n) is 12.3. The average molecular weight is 281 g/mol. The van der Waals surface area contributed by atoms with Crippen molar-refractivity contribution in [2.75, 3.05) is 26.9 Å². The molecule has 1 aromatic rings. The fourth-order valence-corrected chi connectivity index (χ4v) is 1.87. The first-order chi connectivity index (χ1) is 9.60. The van der Waals surface area contributed by atoms with Crippen LogP contribution in [0.1, 0.15) is 20.3 Å². The molecule has 0 spiro atoms. The molecule has 20 heavy (non-hydrogen) atoms. The molecule has 0 unspecified atom stereocenters. The van der Waals surface area contributed by atoms with E-state index < -0.39 is 0 Å². The molecule has 0 heterocycles. The molecular formula is C15H23NO4. The molecule has 0 aromatic heterocycles. The van der Waals surface area contributed by atoms with Crippen LogP contribution in [0.15, 0.2) is 24.3 Å². The molecule has 1 aromatic carbocycles. The second-order valence-electron chi connectivity index (χ2n) is 4.70. The van der Waals surface area contributed by atoms with Gasteiger partial charge in [-0.15, -0.1) is 0 Å². The van der Waals surface area contributed by atoms with E-state index in [1.54, 1.807) is 24.1 Å². The Hall–Kier alpha value is -1.75.